The Balaban J connectivity index is 1.48. The van der Waals surface area contributed by atoms with Gasteiger partial charge in [0.15, 0.2) is 0 Å². The lowest BCUT2D eigenvalue weighted by molar-refractivity contribution is -0.142. The molecule has 1 aromatic rings. The van der Waals surface area contributed by atoms with Crippen LogP contribution in [0.1, 0.15) is 71.3 Å². The summed E-state index contributed by atoms with van der Waals surface area (Å²) in [7, 11) is 1.85. The average Bonchev–Trinajstić information content (AvgIpc) is 3.42. The summed E-state index contributed by atoms with van der Waals surface area (Å²) in [6.45, 7) is 10.5. The van der Waals surface area contributed by atoms with Gasteiger partial charge >= 0.3 is 0 Å². The van der Waals surface area contributed by atoms with Crippen molar-refractivity contribution in [2.75, 3.05) is 33.2 Å². The highest BCUT2D eigenvalue weighted by atomic mass is 35.5. The SMILES string of the molecule is CN(C(=O)CC(C)(C)C)[C@H]1CN(C(=O)C2CCN(C(=O)C3(C)CC3)CC2)C[C@@H]1c1ccc(Cl)c(Cl)c1. The summed E-state index contributed by atoms with van der Waals surface area (Å²) >= 11 is 12.5. The molecule has 4 rings (SSSR count). The van der Waals surface area contributed by atoms with Crippen LogP contribution in [0.2, 0.25) is 10.0 Å². The predicted molar refractivity (Wildman–Crippen MR) is 143 cm³/mol. The molecule has 1 aromatic carbocycles. The molecule has 36 heavy (non-hydrogen) atoms. The Labute approximate surface area is 225 Å². The van der Waals surface area contributed by atoms with Gasteiger partial charge in [-0.25, -0.2) is 0 Å². The topological polar surface area (TPSA) is 60.9 Å². The van der Waals surface area contributed by atoms with E-state index in [9.17, 15) is 14.4 Å². The summed E-state index contributed by atoms with van der Waals surface area (Å²) < 4.78 is 0. The third-order valence-corrected chi connectivity index (χ3v) is 8.93. The fourth-order valence-electron chi connectivity index (χ4n) is 5.56. The van der Waals surface area contributed by atoms with Crippen molar-refractivity contribution >= 4 is 40.9 Å². The largest absolute Gasteiger partial charge is 0.342 e. The molecule has 1 saturated carbocycles. The molecule has 8 heteroatoms. The van der Waals surface area contributed by atoms with E-state index in [0.717, 1.165) is 18.4 Å². The Kier molecular flexibility index (Phi) is 7.70. The molecular formula is C28H39Cl2N3O3. The van der Waals surface area contributed by atoms with E-state index in [4.69, 9.17) is 23.2 Å². The number of halogens is 2. The number of rotatable bonds is 5. The van der Waals surface area contributed by atoms with Crippen LogP contribution in [0.4, 0.5) is 0 Å². The predicted octanol–water partition coefficient (Wildman–Crippen LogP) is 5.22. The van der Waals surface area contributed by atoms with Crippen molar-refractivity contribution in [3.05, 3.63) is 33.8 Å². The van der Waals surface area contributed by atoms with Crippen molar-refractivity contribution in [1.82, 2.24) is 14.7 Å². The van der Waals surface area contributed by atoms with Gasteiger partial charge in [-0.3, -0.25) is 14.4 Å². The minimum Gasteiger partial charge on any atom is -0.342 e. The number of nitrogens with zero attached hydrogens (tertiary/aromatic N) is 3. The summed E-state index contributed by atoms with van der Waals surface area (Å²) in [5.74, 6) is 0.309. The Morgan fingerprint density at radius 1 is 1.03 bits per heavy atom. The maximum Gasteiger partial charge on any atom is 0.228 e. The van der Waals surface area contributed by atoms with Gasteiger partial charge in [0.2, 0.25) is 17.7 Å². The van der Waals surface area contributed by atoms with Crippen LogP contribution >= 0.6 is 23.2 Å². The second-order valence-electron chi connectivity index (χ2n) is 12.5. The Hall–Kier alpha value is -1.79. The maximum absolute atomic E-state index is 13.6. The van der Waals surface area contributed by atoms with Crippen LogP contribution in [0.3, 0.4) is 0 Å². The van der Waals surface area contributed by atoms with E-state index >= 15 is 0 Å². The molecule has 2 atom stereocenters. The van der Waals surface area contributed by atoms with Crippen molar-refractivity contribution in [2.24, 2.45) is 16.7 Å². The van der Waals surface area contributed by atoms with E-state index in [1.165, 1.54) is 0 Å². The van der Waals surface area contributed by atoms with Crippen molar-refractivity contribution in [1.29, 1.82) is 0 Å². The lowest BCUT2D eigenvalue weighted by Gasteiger charge is -2.35. The van der Waals surface area contributed by atoms with Crippen molar-refractivity contribution in [3.8, 4) is 0 Å². The molecule has 0 radical (unpaired) electrons. The number of benzene rings is 1. The molecule has 0 aromatic heterocycles. The molecule has 0 spiro atoms. The van der Waals surface area contributed by atoms with Gasteiger partial charge in [0.1, 0.15) is 0 Å². The minimum absolute atomic E-state index is 0.0471. The molecule has 198 valence electrons. The number of hydrogen-bond donors (Lipinski definition) is 0. The standard InChI is InChI=1S/C28H39Cl2N3O3/c1-27(2,3)15-24(34)31(5)23-17-33(16-20(23)19-6-7-21(29)22(30)14-19)25(35)18-8-12-32(13-9-18)26(36)28(4)10-11-28/h6-7,14,18,20,23H,8-13,15-17H2,1-5H3/t20-,23+/m1/s1. The van der Waals surface area contributed by atoms with Gasteiger partial charge in [0, 0.05) is 56.9 Å². The summed E-state index contributed by atoms with van der Waals surface area (Å²) in [5, 5.41) is 0.962. The summed E-state index contributed by atoms with van der Waals surface area (Å²) in [6, 6.07) is 5.45. The number of piperidine rings is 1. The molecular weight excluding hydrogens is 497 g/mol. The number of hydrogen-bond acceptors (Lipinski definition) is 3. The molecule has 0 unspecified atom stereocenters. The number of likely N-dealkylation sites (tertiary alicyclic amines) is 2. The average molecular weight is 537 g/mol. The number of likely N-dealkylation sites (N-methyl/N-ethyl adjacent to an activating group) is 1. The molecule has 2 heterocycles. The van der Waals surface area contributed by atoms with E-state index in [1.807, 2.05) is 40.8 Å². The first-order valence-electron chi connectivity index (χ1n) is 13.1. The first-order chi connectivity index (χ1) is 16.8. The van der Waals surface area contributed by atoms with Crippen LogP contribution in [0.15, 0.2) is 18.2 Å². The fourth-order valence-corrected chi connectivity index (χ4v) is 5.87. The molecule has 0 N–H and O–H groups in total. The van der Waals surface area contributed by atoms with Crippen LogP contribution in [-0.4, -0.2) is 71.7 Å². The van der Waals surface area contributed by atoms with Gasteiger partial charge in [-0.2, -0.15) is 0 Å². The highest BCUT2D eigenvalue weighted by molar-refractivity contribution is 6.42. The lowest BCUT2D eigenvalue weighted by Crippen LogP contribution is -2.46. The van der Waals surface area contributed by atoms with Crippen LogP contribution in [-0.2, 0) is 14.4 Å². The van der Waals surface area contributed by atoms with Crippen molar-refractivity contribution in [2.45, 2.75) is 71.8 Å². The van der Waals surface area contributed by atoms with Crippen LogP contribution in [0.5, 0.6) is 0 Å². The number of carbonyl (C=O) groups excluding carboxylic acids is 3. The van der Waals surface area contributed by atoms with Crippen LogP contribution < -0.4 is 0 Å². The van der Waals surface area contributed by atoms with Gasteiger partial charge in [0.25, 0.3) is 0 Å². The Bertz CT molecular complexity index is 1030. The highest BCUT2D eigenvalue weighted by Crippen LogP contribution is 2.47. The fraction of sp³-hybridized carbons (Fsp3) is 0.679. The molecule has 0 bridgehead atoms. The zero-order valence-corrected chi connectivity index (χ0v) is 23.7. The summed E-state index contributed by atoms with van der Waals surface area (Å²) in [4.78, 5) is 45.2. The Morgan fingerprint density at radius 2 is 1.67 bits per heavy atom. The number of carbonyl (C=O) groups is 3. The first-order valence-corrected chi connectivity index (χ1v) is 13.8. The minimum atomic E-state index is -0.170. The van der Waals surface area contributed by atoms with Crippen molar-refractivity contribution < 1.29 is 14.4 Å². The van der Waals surface area contributed by atoms with Gasteiger partial charge < -0.3 is 14.7 Å². The molecule has 3 aliphatic rings. The van der Waals surface area contributed by atoms with E-state index in [1.54, 1.807) is 6.07 Å². The summed E-state index contributed by atoms with van der Waals surface area (Å²) in [6.07, 6.45) is 3.76. The molecule has 2 saturated heterocycles. The lowest BCUT2D eigenvalue weighted by atomic mass is 9.89. The van der Waals surface area contributed by atoms with Gasteiger partial charge in [-0.1, -0.05) is 57.0 Å². The molecule has 6 nitrogen and oxygen atoms in total. The van der Waals surface area contributed by atoms with E-state index in [0.29, 0.717) is 55.5 Å². The molecule has 3 amide bonds. The van der Waals surface area contributed by atoms with E-state index in [2.05, 4.69) is 20.8 Å². The normalized spacial score (nSPS) is 24.1. The van der Waals surface area contributed by atoms with Gasteiger partial charge in [0.05, 0.1) is 16.1 Å². The third kappa shape index (κ3) is 5.85. The van der Waals surface area contributed by atoms with Gasteiger partial charge in [-0.15, -0.1) is 0 Å². The smallest absolute Gasteiger partial charge is 0.228 e. The zero-order chi connectivity index (χ0) is 26.4. The number of amides is 3. The van der Waals surface area contributed by atoms with Gasteiger partial charge in [-0.05, 0) is 48.8 Å². The van der Waals surface area contributed by atoms with Crippen molar-refractivity contribution in [3.63, 3.8) is 0 Å². The van der Waals surface area contributed by atoms with Crippen LogP contribution in [0, 0.1) is 16.7 Å². The van der Waals surface area contributed by atoms with E-state index < -0.39 is 0 Å². The monoisotopic (exact) mass is 535 g/mol. The molecule has 3 fully saturated rings. The highest BCUT2D eigenvalue weighted by Gasteiger charge is 2.48. The molecule has 1 aliphatic carbocycles. The third-order valence-electron chi connectivity index (χ3n) is 8.19. The second-order valence-corrected chi connectivity index (χ2v) is 13.3. The quantitative estimate of drug-likeness (QED) is 0.519. The summed E-state index contributed by atoms with van der Waals surface area (Å²) in [5.41, 5.74) is 0.691. The van der Waals surface area contributed by atoms with Crippen LogP contribution in [0.25, 0.3) is 0 Å². The zero-order valence-electron chi connectivity index (χ0n) is 22.2. The Morgan fingerprint density at radius 3 is 2.22 bits per heavy atom. The molecule has 2 aliphatic heterocycles. The second kappa shape index (κ2) is 10.2. The van der Waals surface area contributed by atoms with E-state index in [-0.39, 0.29) is 46.4 Å². The first kappa shape index (κ1) is 27.3. The maximum atomic E-state index is 13.6.